The molecule has 1 aliphatic rings. The first-order valence-electron chi connectivity index (χ1n) is 6.99. The van der Waals surface area contributed by atoms with E-state index >= 15 is 0 Å². The van der Waals surface area contributed by atoms with Crippen LogP contribution in [-0.4, -0.2) is 49.8 Å². The van der Waals surface area contributed by atoms with Crippen LogP contribution in [0.5, 0.6) is 0 Å². The van der Waals surface area contributed by atoms with Gasteiger partial charge in [0.15, 0.2) is 0 Å². The zero-order valence-corrected chi connectivity index (χ0v) is 11.5. The smallest absolute Gasteiger partial charge is 0.0707 e. The summed E-state index contributed by atoms with van der Waals surface area (Å²) in [7, 11) is 0. The van der Waals surface area contributed by atoms with Crippen LogP contribution >= 0.6 is 0 Å². The van der Waals surface area contributed by atoms with E-state index < -0.39 is 0 Å². The summed E-state index contributed by atoms with van der Waals surface area (Å²) in [6.45, 7) is 13.4. The van der Waals surface area contributed by atoms with E-state index in [-0.39, 0.29) is 0 Å². The van der Waals surface area contributed by atoms with Gasteiger partial charge in [0.1, 0.15) is 0 Å². The number of hydrogen-bond acceptors (Lipinski definition) is 3. The van der Waals surface area contributed by atoms with Crippen LogP contribution in [0.4, 0.5) is 0 Å². The molecule has 2 atom stereocenters. The van der Waals surface area contributed by atoms with E-state index in [0.29, 0.717) is 12.2 Å². The third-order valence-electron chi connectivity index (χ3n) is 3.21. The normalized spacial score (nSPS) is 24.4. The Labute approximate surface area is 106 Å². The van der Waals surface area contributed by atoms with E-state index in [0.717, 1.165) is 32.7 Å². The van der Waals surface area contributed by atoms with Crippen LogP contribution in [0.2, 0.25) is 0 Å². The first-order valence-corrected chi connectivity index (χ1v) is 6.99. The summed E-state index contributed by atoms with van der Waals surface area (Å²) in [4.78, 5) is 2.44. The predicted molar refractivity (Wildman–Crippen MR) is 73.4 cm³/mol. The SMILES string of the molecule is C=CCN(CCC)CC1CCC(CNCC)O1. The minimum absolute atomic E-state index is 0.421. The lowest BCUT2D eigenvalue weighted by Crippen LogP contribution is -2.34. The van der Waals surface area contributed by atoms with Gasteiger partial charge in [-0.15, -0.1) is 6.58 Å². The fourth-order valence-electron chi connectivity index (χ4n) is 2.41. The highest BCUT2D eigenvalue weighted by Crippen LogP contribution is 2.20. The van der Waals surface area contributed by atoms with Gasteiger partial charge in [-0.05, 0) is 32.4 Å². The topological polar surface area (TPSA) is 24.5 Å². The minimum Gasteiger partial charge on any atom is -0.372 e. The van der Waals surface area contributed by atoms with Gasteiger partial charge in [-0.3, -0.25) is 4.90 Å². The third-order valence-corrected chi connectivity index (χ3v) is 3.21. The van der Waals surface area contributed by atoms with E-state index in [1.54, 1.807) is 0 Å². The molecule has 2 unspecified atom stereocenters. The standard InChI is InChI=1S/C14H28N2O/c1-4-9-16(10-5-2)12-14-8-7-13(17-14)11-15-6-3/h4,13-15H,1,5-12H2,2-3H3. The Hall–Kier alpha value is -0.380. The summed E-state index contributed by atoms with van der Waals surface area (Å²) < 4.78 is 6.05. The molecule has 0 spiro atoms. The van der Waals surface area contributed by atoms with Crippen molar-refractivity contribution >= 4 is 0 Å². The summed E-state index contributed by atoms with van der Waals surface area (Å²) in [5, 5.41) is 3.36. The number of ether oxygens (including phenoxy) is 1. The maximum Gasteiger partial charge on any atom is 0.0707 e. The van der Waals surface area contributed by atoms with Crippen LogP contribution in [0.25, 0.3) is 0 Å². The fraction of sp³-hybridized carbons (Fsp3) is 0.857. The molecule has 0 radical (unpaired) electrons. The van der Waals surface area contributed by atoms with Crippen molar-refractivity contribution < 1.29 is 4.74 Å². The molecule has 3 nitrogen and oxygen atoms in total. The van der Waals surface area contributed by atoms with Gasteiger partial charge < -0.3 is 10.1 Å². The van der Waals surface area contributed by atoms with E-state index in [1.807, 2.05) is 6.08 Å². The van der Waals surface area contributed by atoms with Gasteiger partial charge in [-0.1, -0.05) is 19.9 Å². The molecule has 0 aromatic carbocycles. The van der Waals surface area contributed by atoms with Gasteiger partial charge >= 0.3 is 0 Å². The molecule has 0 aromatic rings. The van der Waals surface area contributed by atoms with Crippen LogP contribution in [0.1, 0.15) is 33.1 Å². The van der Waals surface area contributed by atoms with Gasteiger partial charge in [0.05, 0.1) is 12.2 Å². The predicted octanol–water partition coefficient (Wildman–Crippen LogP) is 2.04. The molecule has 17 heavy (non-hydrogen) atoms. The second-order valence-electron chi connectivity index (χ2n) is 4.81. The zero-order chi connectivity index (χ0) is 12.5. The monoisotopic (exact) mass is 240 g/mol. The van der Waals surface area contributed by atoms with Crippen molar-refractivity contribution in [3.63, 3.8) is 0 Å². The lowest BCUT2D eigenvalue weighted by molar-refractivity contribution is 0.0257. The highest BCUT2D eigenvalue weighted by Gasteiger charge is 2.25. The molecule has 0 aromatic heterocycles. The maximum absolute atomic E-state index is 6.05. The van der Waals surface area contributed by atoms with Crippen LogP contribution in [-0.2, 0) is 4.74 Å². The highest BCUT2D eigenvalue weighted by molar-refractivity contribution is 4.80. The molecule has 1 rings (SSSR count). The Morgan fingerprint density at radius 1 is 1.35 bits per heavy atom. The number of nitrogens with zero attached hydrogens (tertiary/aromatic N) is 1. The highest BCUT2D eigenvalue weighted by atomic mass is 16.5. The van der Waals surface area contributed by atoms with Crippen LogP contribution < -0.4 is 5.32 Å². The Morgan fingerprint density at radius 2 is 2.12 bits per heavy atom. The zero-order valence-electron chi connectivity index (χ0n) is 11.5. The third kappa shape index (κ3) is 5.66. The van der Waals surface area contributed by atoms with E-state index in [4.69, 9.17) is 4.74 Å². The van der Waals surface area contributed by atoms with Gasteiger partial charge in [0.2, 0.25) is 0 Å². The number of hydrogen-bond donors (Lipinski definition) is 1. The second-order valence-corrected chi connectivity index (χ2v) is 4.81. The molecule has 1 fully saturated rings. The molecule has 1 saturated heterocycles. The van der Waals surface area contributed by atoms with Crippen LogP contribution in [0, 0.1) is 0 Å². The van der Waals surface area contributed by atoms with Gasteiger partial charge in [0.25, 0.3) is 0 Å². The van der Waals surface area contributed by atoms with Gasteiger partial charge in [-0.2, -0.15) is 0 Å². The molecule has 0 bridgehead atoms. The van der Waals surface area contributed by atoms with Gasteiger partial charge in [0, 0.05) is 19.6 Å². The summed E-state index contributed by atoms with van der Waals surface area (Å²) in [5.74, 6) is 0. The van der Waals surface area contributed by atoms with Gasteiger partial charge in [-0.25, -0.2) is 0 Å². The van der Waals surface area contributed by atoms with E-state index in [9.17, 15) is 0 Å². The van der Waals surface area contributed by atoms with Crippen LogP contribution in [0.15, 0.2) is 12.7 Å². The summed E-state index contributed by atoms with van der Waals surface area (Å²) in [5.41, 5.74) is 0. The lowest BCUT2D eigenvalue weighted by atomic mass is 10.2. The van der Waals surface area contributed by atoms with Crippen molar-refractivity contribution in [2.24, 2.45) is 0 Å². The van der Waals surface area contributed by atoms with Crippen molar-refractivity contribution in [3.05, 3.63) is 12.7 Å². The molecule has 0 amide bonds. The van der Waals surface area contributed by atoms with Crippen molar-refractivity contribution in [1.82, 2.24) is 10.2 Å². The fourth-order valence-corrected chi connectivity index (χ4v) is 2.41. The van der Waals surface area contributed by atoms with E-state index in [2.05, 4.69) is 30.6 Å². The largest absolute Gasteiger partial charge is 0.372 e. The van der Waals surface area contributed by atoms with Crippen molar-refractivity contribution in [2.45, 2.75) is 45.3 Å². The first-order chi connectivity index (χ1) is 8.30. The van der Waals surface area contributed by atoms with Crippen molar-refractivity contribution in [2.75, 3.05) is 32.7 Å². The summed E-state index contributed by atoms with van der Waals surface area (Å²) in [6.07, 6.45) is 6.43. The second kappa shape index (κ2) is 8.67. The average molecular weight is 240 g/mol. The van der Waals surface area contributed by atoms with Crippen molar-refractivity contribution in [3.8, 4) is 0 Å². The average Bonchev–Trinajstić information content (AvgIpc) is 2.75. The number of nitrogens with one attached hydrogen (secondary N) is 1. The number of likely N-dealkylation sites (N-methyl/N-ethyl adjacent to an activating group) is 1. The molecular formula is C14H28N2O. The Kier molecular flexibility index (Phi) is 7.49. The molecule has 100 valence electrons. The minimum atomic E-state index is 0.421. The Morgan fingerprint density at radius 3 is 2.76 bits per heavy atom. The summed E-state index contributed by atoms with van der Waals surface area (Å²) in [6, 6.07) is 0. The van der Waals surface area contributed by atoms with Crippen LogP contribution in [0.3, 0.4) is 0 Å². The molecular weight excluding hydrogens is 212 g/mol. The molecule has 1 heterocycles. The first kappa shape index (κ1) is 14.7. The molecule has 0 aliphatic carbocycles. The van der Waals surface area contributed by atoms with E-state index in [1.165, 1.54) is 19.3 Å². The lowest BCUT2D eigenvalue weighted by Gasteiger charge is -2.24. The molecule has 1 aliphatic heterocycles. The Bertz CT molecular complexity index is 208. The van der Waals surface area contributed by atoms with Crippen molar-refractivity contribution in [1.29, 1.82) is 0 Å². The Balaban J connectivity index is 2.24. The number of rotatable bonds is 9. The molecule has 3 heteroatoms. The maximum atomic E-state index is 6.05. The quantitative estimate of drug-likeness (QED) is 0.624. The molecule has 1 N–H and O–H groups in total. The molecule has 0 saturated carbocycles. The summed E-state index contributed by atoms with van der Waals surface area (Å²) >= 11 is 0.